The summed E-state index contributed by atoms with van der Waals surface area (Å²) in [4.78, 5) is 22.1. The summed E-state index contributed by atoms with van der Waals surface area (Å²) in [5.41, 5.74) is 3.02. The molecule has 25 heavy (non-hydrogen) atoms. The first-order valence-corrected chi connectivity index (χ1v) is 8.10. The van der Waals surface area contributed by atoms with E-state index in [1.807, 2.05) is 37.3 Å². The lowest BCUT2D eigenvalue weighted by atomic mass is 10.1. The van der Waals surface area contributed by atoms with Gasteiger partial charge in [-0.1, -0.05) is 30.3 Å². The lowest BCUT2D eigenvalue weighted by Crippen LogP contribution is -2.26. The van der Waals surface area contributed by atoms with Gasteiger partial charge in [-0.05, 0) is 12.5 Å². The van der Waals surface area contributed by atoms with Crippen molar-refractivity contribution in [2.24, 2.45) is 0 Å². The lowest BCUT2D eigenvalue weighted by molar-refractivity contribution is -0.0756. The molecule has 0 fully saturated rings. The van der Waals surface area contributed by atoms with Crippen LogP contribution in [0.5, 0.6) is 0 Å². The summed E-state index contributed by atoms with van der Waals surface area (Å²) < 4.78 is 1.80. The summed E-state index contributed by atoms with van der Waals surface area (Å²) in [6.45, 7) is 3.30. The van der Waals surface area contributed by atoms with Gasteiger partial charge in [0.2, 0.25) is 0 Å². The third-order valence-electron chi connectivity index (χ3n) is 4.07. The average molecular weight is 339 g/mol. The quantitative estimate of drug-likeness (QED) is 0.699. The third-order valence-corrected chi connectivity index (χ3v) is 4.07. The Morgan fingerprint density at radius 1 is 1.28 bits per heavy atom. The van der Waals surface area contributed by atoms with Crippen molar-refractivity contribution in [1.82, 2.24) is 19.8 Å². The van der Waals surface area contributed by atoms with E-state index in [1.54, 1.807) is 24.1 Å². The summed E-state index contributed by atoms with van der Waals surface area (Å²) in [7, 11) is 3.03. The lowest BCUT2D eigenvalue weighted by Gasteiger charge is -2.17. The minimum atomic E-state index is -0.267. The summed E-state index contributed by atoms with van der Waals surface area (Å²) in [6, 6.07) is 10.0. The van der Waals surface area contributed by atoms with Gasteiger partial charge in [0, 0.05) is 26.3 Å². The molecule has 7 heteroatoms. The molecule has 1 N–H and O–H groups in total. The second kappa shape index (κ2) is 7.31. The Kier molecular flexibility index (Phi) is 4.95. The number of carbonyl (C=O) groups excluding carboxylic acids is 1. The number of hydroxylamine groups is 2. The maximum Gasteiger partial charge on any atom is 0.280 e. The van der Waals surface area contributed by atoms with Crippen LogP contribution in [0.25, 0.3) is 11.0 Å². The first-order valence-electron chi connectivity index (χ1n) is 8.10. The summed E-state index contributed by atoms with van der Waals surface area (Å²) >= 11 is 0. The zero-order valence-corrected chi connectivity index (χ0v) is 14.6. The van der Waals surface area contributed by atoms with Gasteiger partial charge in [0.05, 0.1) is 29.9 Å². The number of benzene rings is 1. The number of amides is 1. The molecule has 1 amide bonds. The minimum absolute atomic E-state index is 0.267. The van der Waals surface area contributed by atoms with Crippen molar-refractivity contribution in [2.45, 2.75) is 20.0 Å². The van der Waals surface area contributed by atoms with Crippen LogP contribution >= 0.6 is 0 Å². The third kappa shape index (κ3) is 3.32. The summed E-state index contributed by atoms with van der Waals surface area (Å²) in [6.07, 6.45) is 3.31. The highest BCUT2D eigenvalue weighted by atomic mass is 16.7. The maximum atomic E-state index is 12.6. The number of aromatic nitrogens is 3. The molecule has 0 aliphatic heterocycles. The van der Waals surface area contributed by atoms with Crippen LogP contribution in [-0.4, -0.2) is 39.9 Å². The number of rotatable bonds is 6. The van der Waals surface area contributed by atoms with Crippen LogP contribution < -0.4 is 5.32 Å². The van der Waals surface area contributed by atoms with Crippen LogP contribution in [0.2, 0.25) is 0 Å². The summed E-state index contributed by atoms with van der Waals surface area (Å²) in [5, 5.41) is 9.72. The van der Waals surface area contributed by atoms with E-state index in [1.165, 1.54) is 12.2 Å². The van der Waals surface area contributed by atoms with Crippen molar-refractivity contribution in [3.8, 4) is 0 Å². The van der Waals surface area contributed by atoms with Crippen molar-refractivity contribution < 1.29 is 9.63 Å². The molecule has 130 valence electrons. The SMILES string of the molecule is CCn1ncc2c(NCc3ccccc3)c(C(=O)N(C)OC)cnc21. The van der Waals surface area contributed by atoms with Crippen molar-refractivity contribution in [3.63, 3.8) is 0 Å². The van der Waals surface area contributed by atoms with Gasteiger partial charge in [0.25, 0.3) is 5.91 Å². The van der Waals surface area contributed by atoms with Gasteiger partial charge in [0.15, 0.2) is 5.65 Å². The molecule has 0 radical (unpaired) electrons. The van der Waals surface area contributed by atoms with Crippen LogP contribution in [-0.2, 0) is 17.9 Å². The molecule has 2 heterocycles. The molecule has 2 aromatic heterocycles. The van der Waals surface area contributed by atoms with Gasteiger partial charge >= 0.3 is 0 Å². The molecular weight excluding hydrogens is 318 g/mol. The van der Waals surface area contributed by atoms with Crippen molar-refractivity contribution in [2.75, 3.05) is 19.5 Å². The predicted molar refractivity (Wildman–Crippen MR) is 96.1 cm³/mol. The molecule has 1 aromatic carbocycles. The largest absolute Gasteiger partial charge is 0.380 e. The topological polar surface area (TPSA) is 72.3 Å². The first-order chi connectivity index (χ1) is 12.2. The Balaban J connectivity index is 2.04. The monoisotopic (exact) mass is 339 g/mol. The van der Waals surface area contributed by atoms with Crippen LogP contribution in [0.4, 0.5) is 5.69 Å². The van der Waals surface area contributed by atoms with Gasteiger partial charge in [-0.15, -0.1) is 0 Å². The second-order valence-electron chi connectivity index (χ2n) is 5.57. The number of nitrogens with zero attached hydrogens (tertiary/aromatic N) is 4. The number of pyridine rings is 1. The van der Waals surface area contributed by atoms with E-state index in [0.29, 0.717) is 24.3 Å². The smallest absolute Gasteiger partial charge is 0.280 e. The van der Waals surface area contributed by atoms with Crippen LogP contribution in [0.15, 0.2) is 42.7 Å². The molecule has 0 aliphatic carbocycles. The number of hydrogen-bond acceptors (Lipinski definition) is 5. The maximum absolute atomic E-state index is 12.6. The molecule has 0 spiro atoms. The number of hydrogen-bond donors (Lipinski definition) is 1. The highest BCUT2D eigenvalue weighted by molar-refractivity contribution is 6.06. The average Bonchev–Trinajstić information content (AvgIpc) is 3.09. The Hall–Kier alpha value is -2.93. The molecule has 0 atom stereocenters. The standard InChI is InChI=1S/C18H21N5O2/c1-4-23-17-14(12-21-23)16(19-10-13-8-6-5-7-9-13)15(11-20-17)18(24)22(2)25-3/h5-9,11-12H,4,10H2,1-3H3,(H,19,20). The Labute approximate surface area is 146 Å². The van der Waals surface area contributed by atoms with Crippen LogP contribution in [0.1, 0.15) is 22.8 Å². The summed E-state index contributed by atoms with van der Waals surface area (Å²) in [5.74, 6) is -0.267. The fourth-order valence-electron chi connectivity index (χ4n) is 2.65. The van der Waals surface area contributed by atoms with E-state index in [0.717, 1.165) is 16.6 Å². The number of fused-ring (bicyclic) bond motifs is 1. The van der Waals surface area contributed by atoms with Crippen molar-refractivity contribution >= 4 is 22.6 Å². The molecule has 0 bridgehead atoms. The fourth-order valence-corrected chi connectivity index (χ4v) is 2.65. The molecule has 0 aliphatic rings. The highest BCUT2D eigenvalue weighted by Gasteiger charge is 2.20. The Bertz CT molecular complexity index is 876. The molecule has 3 aromatic rings. The highest BCUT2D eigenvalue weighted by Crippen LogP contribution is 2.27. The normalized spacial score (nSPS) is 10.8. The van der Waals surface area contributed by atoms with Crippen LogP contribution in [0, 0.1) is 0 Å². The van der Waals surface area contributed by atoms with E-state index in [-0.39, 0.29) is 5.91 Å². The molecule has 3 rings (SSSR count). The van der Waals surface area contributed by atoms with Gasteiger partial charge in [0.1, 0.15) is 0 Å². The van der Waals surface area contributed by atoms with E-state index >= 15 is 0 Å². The van der Waals surface area contributed by atoms with Gasteiger partial charge < -0.3 is 5.32 Å². The second-order valence-corrected chi connectivity index (χ2v) is 5.57. The molecule has 0 saturated carbocycles. The van der Waals surface area contributed by atoms with E-state index in [9.17, 15) is 4.79 Å². The molecule has 7 nitrogen and oxygen atoms in total. The zero-order valence-electron chi connectivity index (χ0n) is 14.6. The number of nitrogens with one attached hydrogen (secondary N) is 1. The predicted octanol–water partition coefficient (Wildman–Crippen LogP) is 2.70. The number of carbonyl (C=O) groups is 1. The van der Waals surface area contributed by atoms with Gasteiger partial charge in [-0.3, -0.25) is 9.63 Å². The molecular formula is C18H21N5O2. The number of anilines is 1. The van der Waals surface area contributed by atoms with Gasteiger partial charge in [-0.2, -0.15) is 5.10 Å². The molecule has 0 saturated heterocycles. The first kappa shape index (κ1) is 16.9. The van der Waals surface area contributed by atoms with Crippen molar-refractivity contribution in [3.05, 3.63) is 53.9 Å². The zero-order chi connectivity index (χ0) is 17.8. The van der Waals surface area contributed by atoms with E-state index in [2.05, 4.69) is 15.4 Å². The Morgan fingerprint density at radius 3 is 2.72 bits per heavy atom. The van der Waals surface area contributed by atoms with E-state index in [4.69, 9.17) is 4.84 Å². The van der Waals surface area contributed by atoms with Gasteiger partial charge in [-0.25, -0.2) is 14.7 Å². The molecule has 0 unspecified atom stereocenters. The number of aryl methyl sites for hydroxylation is 1. The fraction of sp³-hybridized carbons (Fsp3) is 0.278. The minimum Gasteiger partial charge on any atom is -0.380 e. The Morgan fingerprint density at radius 2 is 2.04 bits per heavy atom. The van der Waals surface area contributed by atoms with E-state index < -0.39 is 0 Å². The van der Waals surface area contributed by atoms with Crippen LogP contribution in [0.3, 0.4) is 0 Å². The van der Waals surface area contributed by atoms with Crippen molar-refractivity contribution in [1.29, 1.82) is 0 Å².